The molecule has 0 unspecified atom stereocenters. The summed E-state index contributed by atoms with van der Waals surface area (Å²) < 4.78 is 31.6. The molecule has 0 saturated heterocycles. The summed E-state index contributed by atoms with van der Waals surface area (Å²) in [5, 5.41) is 9.97. The number of carbonyl (C=O) groups excluding carboxylic acids is 1. The lowest BCUT2D eigenvalue weighted by Crippen LogP contribution is -2.01. The molecule has 6 heteroatoms. The van der Waals surface area contributed by atoms with E-state index in [4.69, 9.17) is 5.26 Å². The number of esters is 1. The number of hydrogen-bond acceptors (Lipinski definition) is 3. The fourth-order valence-electron chi connectivity index (χ4n) is 2.99. The molecule has 0 spiro atoms. The first-order valence-corrected chi connectivity index (χ1v) is 8.10. The first-order chi connectivity index (χ1) is 12.5. The standard InChI is InChI=1S/C20H16F2N2O2/c1-26-19(25)4-2-3-14-15-9-12(11-23)5-8-18(15)24-20(14)13-6-7-16(21)17(22)10-13/h5-10,24H,2-4H2,1H3. The number of halogens is 2. The van der Waals surface area contributed by atoms with Gasteiger partial charge in [0.25, 0.3) is 0 Å². The van der Waals surface area contributed by atoms with Crippen LogP contribution in [0.2, 0.25) is 0 Å². The number of fused-ring (bicyclic) bond motifs is 1. The number of nitriles is 1. The predicted molar refractivity (Wildman–Crippen MR) is 93.3 cm³/mol. The lowest BCUT2D eigenvalue weighted by molar-refractivity contribution is -0.140. The summed E-state index contributed by atoms with van der Waals surface area (Å²) in [5.74, 6) is -2.15. The van der Waals surface area contributed by atoms with E-state index in [0.717, 1.165) is 28.6 Å². The highest BCUT2D eigenvalue weighted by Gasteiger charge is 2.16. The number of rotatable bonds is 5. The van der Waals surface area contributed by atoms with E-state index in [2.05, 4.69) is 15.8 Å². The van der Waals surface area contributed by atoms with E-state index >= 15 is 0 Å². The number of H-pyrrole nitrogens is 1. The van der Waals surface area contributed by atoms with Gasteiger partial charge in [0.05, 0.1) is 18.7 Å². The number of carbonyl (C=O) groups is 1. The lowest BCUT2D eigenvalue weighted by Gasteiger charge is -2.06. The molecule has 1 heterocycles. The highest BCUT2D eigenvalue weighted by atomic mass is 19.2. The minimum atomic E-state index is -0.931. The van der Waals surface area contributed by atoms with Crippen molar-refractivity contribution < 1.29 is 18.3 Å². The highest BCUT2D eigenvalue weighted by molar-refractivity contribution is 5.91. The molecule has 132 valence electrons. The zero-order chi connectivity index (χ0) is 18.7. The number of nitrogens with one attached hydrogen (secondary N) is 1. The van der Waals surface area contributed by atoms with Gasteiger partial charge in [-0.3, -0.25) is 4.79 Å². The second kappa shape index (κ2) is 7.36. The molecule has 0 aliphatic carbocycles. The van der Waals surface area contributed by atoms with E-state index in [1.165, 1.54) is 13.2 Å². The van der Waals surface area contributed by atoms with Crippen molar-refractivity contribution in [3.63, 3.8) is 0 Å². The van der Waals surface area contributed by atoms with Gasteiger partial charge in [-0.1, -0.05) is 0 Å². The topological polar surface area (TPSA) is 65.9 Å². The van der Waals surface area contributed by atoms with Crippen LogP contribution < -0.4 is 0 Å². The van der Waals surface area contributed by atoms with Gasteiger partial charge in [-0.2, -0.15) is 5.26 Å². The maximum Gasteiger partial charge on any atom is 0.305 e. The van der Waals surface area contributed by atoms with Gasteiger partial charge in [0.1, 0.15) is 0 Å². The van der Waals surface area contributed by atoms with E-state index in [0.29, 0.717) is 29.7 Å². The molecule has 0 bridgehead atoms. The van der Waals surface area contributed by atoms with E-state index < -0.39 is 11.6 Å². The Morgan fingerprint density at radius 1 is 1.19 bits per heavy atom. The van der Waals surface area contributed by atoms with E-state index in [1.807, 2.05) is 0 Å². The summed E-state index contributed by atoms with van der Waals surface area (Å²) in [7, 11) is 1.33. The quantitative estimate of drug-likeness (QED) is 0.687. The van der Waals surface area contributed by atoms with Crippen molar-refractivity contribution >= 4 is 16.9 Å². The zero-order valence-corrected chi connectivity index (χ0v) is 14.1. The van der Waals surface area contributed by atoms with Crippen LogP contribution in [0.25, 0.3) is 22.2 Å². The Balaban J connectivity index is 2.08. The smallest absolute Gasteiger partial charge is 0.305 e. The molecule has 3 aromatic rings. The first kappa shape index (κ1) is 17.6. The fraction of sp³-hybridized carbons (Fsp3) is 0.200. The molecule has 0 amide bonds. The molecule has 0 saturated carbocycles. The summed E-state index contributed by atoms with van der Waals surface area (Å²) in [6.07, 6.45) is 1.31. The van der Waals surface area contributed by atoms with Gasteiger partial charge in [-0.15, -0.1) is 0 Å². The normalized spacial score (nSPS) is 10.7. The van der Waals surface area contributed by atoms with Gasteiger partial charge in [0.15, 0.2) is 11.6 Å². The van der Waals surface area contributed by atoms with Crippen molar-refractivity contribution in [1.82, 2.24) is 4.98 Å². The number of benzene rings is 2. The number of aryl methyl sites for hydroxylation is 1. The predicted octanol–water partition coefficient (Wildman–Crippen LogP) is 4.48. The number of aromatic amines is 1. The van der Waals surface area contributed by atoms with Gasteiger partial charge in [-0.25, -0.2) is 8.78 Å². The van der Waals surface area contributed by atoms with Gasteiger partial charge >= 0.3 is 5.97 Å². The van der Waals surface area contributed by atoms with Crippen LogP contribution in [0.4, 0.5) is 8.78 Å². The largest absolute Gasteiger partial charge is 0.469 e. The van der Waals surface area contributed by atoms with E-state index in [-0.39, 0.29) is 12.4 Å². The summed E-state index contributed by atoms with van der Waals surface area (Å²) in [6.45, 7) is 0. The van der Waals surface area contributed by atoms with Crippen LogP contribution in [-0.4, -0.2) is 18.1 Å². The molecular formula is C20H16F2N2O2. The molecule has 2 aromatic carbocycles. The lowest BCUT2D eigenvalue weighted by atomic mass is 9.99. The van der Waals surface area contributed by atoms with Crippen molar-refractivity contribution in [1.29, 1.82) is 5.26 Å². The summed E-state index contributed by atoms with van der Waals surface area (Å²) in [5.41, 5.74) is 3.30. The Hall–Kier alpha value is -3.20. The van der Waals surface area contributed by atoms with Crippen LogP contribution in [-0.2, 0) is 16.0 Å². The van der Waals surface area contributed by atoms with Gasteiger partial charge in [-0.05, 0) is 54.8 Å². The Kier molecular flexibility index (Phi) is 4.99. The zero-order valence-electron chi connectivity index (χ0n) is 14.1. The molecule has 1 N–H and O–H groups in total. The minimum Gasteiger partial charge on any atom is -0.469 e. The minimum absolute atomic E-state index is 0.248. The molecule has 0 fully saturated rings. The fourth-order valence-corrected chi connectivity index (χ4v) is 2.99. The SMILES string of the molecule is COC(=O)CCCc1c(-c2ccc(F)c(F)c2)[nH]c2ccc(C#N)cc12. The summed E-state index contributed by atoms with van der Waals surface area (Å²) in [4.78, 5) is 14.6. The average Bonchev–Trinajstić information content (AvgIpc) is 3.01. The Bertz CT molecular complexity index is 1020. The number of ether oxygens (including phenoxy) is 1. The maximum atomic E-state index is 13.7. The molecule has 0 aliphatic rings. The number of aromatic nitrogens is 1. The third-order valence-electron chi connectivity index (χ3n) is 4.28. The van der Waals surface area contributed by atoms with Crippen LogP contribution in [0.5, 0.6) is 0 Å². The Labute approximate surface area is 149 Å². The molecule has 0 atom stereocenters. The maximum absolute atomic E-state index is 13.7. The van der Waals surface area contributed by atoms with Crippen LogP contribution >= 0.6 is 0 Å². The van der Waals surface area contributed by atoms with Crippen molar-refractivity contribution in [3.05, 3.63) is 59.2 Å². The molecule has 3 rings (SSSR count). The van der Waals surface area contributed by atoms with Crippen molar-refractivity contribution in [3.8, 4) is 17.3 Å². The Morgan fingerprint density at radius 3 is 2.69 bits per heavy atom. The van der Waals surface area contributed by atoms with Gasteiger partial charge in [0, 0.05) is 28.6 Å². The highest BCUT2D eigenvalue weighted by Crippen LogP contribution is 2.33. The monoisotopic (exact) mass is 354 g/mol. The van der Waals surface area contributed by atoms with Crippen LogP contribution in [0.3, 0.4) is 0 Å². The summed E-state index contributed by atoms with van der Waals surface area (Å²) >= 11 is 0. The molecule has 0 radical (unpaired) electrons. The number of hydrogen-bond donors (Lipinski definition) is 1. The van der Waals surface area contributed by atoms with Crippen LogP contribution in [0.1, 0.15) is 24.0 Å². The molecular weight excluding hydrogens is 338 g/mol. The molecule has 4 nitrogen and oxygen atoms in total. The van der Waals surface area contributed by atoms with Crippen molar-refractivity contribution in [2.45, 2.75) is 19.3 Å². The third-order valence-corrected chi connectivity index (χ3v) is 4.28. The van der Waals surface area contributed by atoms with Crippen molar-refractivity contribution in [2.24, 2.45) is 0 Å². The molecule has 1 aromatic heterocycles. The van der Waals surface area contributed by atoms with Gasteiger partial charge < -0.3 is 9.72 Å². The van der Waals surface area contributed by atoms with Crippen molar-refractivity contribution in [2.75, 3.05) is 7.11 Å². The van der Waals surface area contributed by atoms with E-state index in [9.17, 15) is 13.6 Å². The number of methoxy groups -OCH3 is 1. The first-order valence-electron chi connectivity index (χ1n) is 8.10. The third kappa shape index (κ3) is 3.42. The molecule has 26 heavy (non-hydrogen) atoms. The Morgan fingerprint density at radius 2 is 2.00 bits per heavy atom. The second-order valence-electron chi connectivity index (χ2n) is 5.91. The summed E-state index contributed by atoms with van der Waals surface area (Å²) in [6, 6.07) is 11.0. The number of nitrogens with zero attached hydrogens (tertiary/aromatic N) is 1. The van der Waals surface area contributed by atoms with Crippen LogP contribution in [0.15, 0.2) is 36.4 Å². The van der Waals surface area contributed by atoms with E-state index in [1.54, 1.807) is 18.2 Å². The average molecular weight is 354 g/mol. The molecule has 0 aliphatic heterocycles. The van der Waals surface area contributed by atoms with Crippen LogP contribution in [0, 0.1) is 23.0 Å². The second-order valence-corrected chi connectivity index (χ2v) is 5.91. The van der Waals surface area contributed by atoms with Gasteiger partial charge in [0.2, 0.25) is 0 Å².